The summed E-state index contributed by atoms with van der Waals surface area (Å²) in [5.74, 6) is -0.653. The van der Waals surface area contributed by atoms with Crippen molar-refractivity contribution in [3.05, 3.63) is 24.7 Å². The molecule has 0 aromatic rings. The molecule has 0 N–H and O–H groups in total. The number of hydrogen-bond acceptors (Lipinski definition) is 2. The van der Waals surface area contributed by atoms with Gasteiger partial charge in [-0.3, -0.25) is 0 Å². The van der Waals surface area contributed by atoms with Crippen LogP contribution in [0.3, 0.4) is 0 Å². The fourth-order valence-electron chi connectivity index (χ4n) is 0.322. The Morgan fingerprint density at radius 2 is 2.00 bits per heavy atom. The summed E-state index contributed by atoms with van der Waals surface area (Å²) in [5.41, 5.74) is -0.0123. The summed E-state index contributed by atoms with van der Waals surface area (Å²) in [4.78, 5) is 7.22. The monoisotopic (exact) mass is 172 g/mol. The maximum absolute atomic E-state index is 12.3. The number of hydrogen-bond donors (Lipinski definition) is 0. The Labute approximate surface area is 69.6 Å². The first-order valence-electron chi connectivity index (χ1n) is 2.75. The average Bonchev–Trinajstić information content (AvgIpc) is 1.99. The molecule has 0 saturated heterocycles. The summed E-state index contributed by atoms with van der Waals surface area (Å²) in [5, 5.41) is 0.383. The van der Waals surface area contributed by atoms with Crippen LogP contribution in [0.25, 0.3) is 0 Å². The Morgan fingerprint density at radius 1 is 1.45 bits per heavy atom. The second kappa shape index (κ2) is 4.85. The van der Waals surface area contributed by atoms with E-state index < -0.39 is 5.83 Å². The molecule has 0 aromatic carbocycles. The van der Waals surface area contributed by atoms with E-state index >= 15 is 0 Å². The third kappa shape index (κ3) is 3.72. The van der Waals surface area contributed by atoms with Gasteiger partial charge in [-0.15, -0.1) is 0 Å². The van der Waals surface area contributed by atoms with Gasteiger partial charge in [0.2, 0.25) is 0 Å². The lowest BCUT2D eigenvalue weighted by Crippen LogP contribution is -1.86. The average molecular weight is 172 g/mol. The minimum Gasteiger partial charge on any atom is -0.239 e. The number of thioether (sulfide) groups is 1. The zero-order chi connectivity index (χ0) is 8.85. The molecule has 60 valence electrons. The molecule has 2 nitrogen and oxygen atoms in total. The molecule has 0 aliphatic rings. The zero-order valence-corrected chi connectivity index (χ0v) is 7.12. The van der Waals surface area contributed by atoms with E-state index in [2.05, 4.69) is 29.9 Å². The van der Waals surface area contributed by atoms with Crippen LogP contribution >= 0.6 is 11.8 Å². The van der Waals surface area contributed by atoms with Crippen molar-refractivity contribution in [2.75, 3.05) is 6.26 Å². The SMILES string of the molecule is C=N/C(=N\C(=C)C(=C)F)SC. The van der Waals surface area contributed by atoms with Gasteiger partial charge >= 0.3 is 0 Å². The number of nitrogens with zero attached hydrogens (tertiary/aromatic N) is 2. The Bertz CT molecular complexity index is 220. The van der Waals surface area contributed by atoms with Crippen LogP contribution in [-0.4, -0.2) is 18.1 Å². The van der Waals surface area contributed by atoms with Gasteiger partial charge in [0.05, 0.1) is 5.70 Å². The standard InChI is InChI=1S/C7H9FN2S/c1-5(8)6(2)10-7(9-3)11-4/h1-3H2,4H3/b10-7+. The Balaban J connectivity index is 4.39. The molecule has 0 atom stereocenters. The summed E-state index contributed by atoms with van der Waals surface area (Å²) >= 11 is 1.27. The molecule has 0 fully saturated rings. The topological polar surface area (TPSA) is 24.7 Å². The number of allylic oxidation sites excluding steroid dienone is 1. The summed E-state index contributed by atoms with van der Waals surface area (Å²) in [6, 6.07) is 0. The zero-order valence-electron chi connectivity index (χ0n) is 6.30. The van der Waals surface area contributed by atoms with Gasteiger partial charge in [0.1, 0.15) is 5.83 Å². The van der Waals surface area contributed by atoms with E-state index in [4.69, 9.17) is 0 Å². The highest BCUT2D eigenvalue weighted by Crippen LogP contribution is 2.11. The van der Waals surface area contributed by atoms with E-state index in [-0.39, 0.29) is 5.70 Å². The maximum atomic E-state index is 12.3. The number of aliphatic imine (C=N–C) groups is 2. The Hall–Kier alpha value is -0.900. The molecule has 0 rings (SSSR count). The molecule has 4 heteroatoms. The Kier molecular flexibility index (Phi) is 4.45. The van der Waals surface area contributed by atoms with Crippen LogP contribution in [0.5, 0.6) is 0 Å². The largest absolute Gasteiger partial charge is 0.239 e. The molecule has 0 radical (unpaired) electrons. The summed E-state index contributed by atoms with van der Waals surface area (Å²) in [7, 11) is 0. The second-order valence-corrected chi connectivity index (χ2v) is 2.38. The molecule has 0 bridgehead atoms. The van der Waals surface area contributed by atoms with Crippen molar-refractivity contribution in [2.24, 2.45) is 9.98 Å². The van der Waals surface area contributed by atoms with Gasteiger partial charge in [0, 0.05) is 0 Å². The fraction of sp³-hybridized carbons (Fsp3) is 0.143. The van der Waals surface area contributed by atoms with E-state index in [0.717, 1.165) is 0 Å². The minimum absolute atomic E-state index is 0.0123. The molecule has 0 spiro atoms. The number of amidine groups is 1. The number of rotatable bonds is 2. The van der Waals surface area contributed by atoms with Gasteiger partial charge in [-0.25, -0.2) is 14.4 Å². The predicted octanol–water partition coefficient (Wildman–Crippen LogP) is 2.40. The molecule has 0 saturated carbocycles. The molecule has 0 aliphatic carbocycles. The van der Waals surface area contributed by atoms with Crippen molar-refractivity contribution in [2.45, 2.75) is 0 Å². The van der Waals surface area contributed by atoms with E-state index in [0.29, 0.717) is 5.17 Å². The molecule has 11 heavy (non-hydrogen) atoms. The highest BCUT2D eigenvalue weighted by molar-refractivity contribution is 8.13. The van der Waals surface area contributed by atoms with Gasteiger partial charge in [-0.1, -0.05) is 24.9 Å². The maximum Gasteiger partial charge on any atom is 0.187 e. The quantitative estimate of drug-likeness (QED) is 0.356. The van der Waals surface area contributed by atoms with Crippen molar-refractivity contribution < 1.29 is 4.39 Å². The summed E-state index contributed by atoms with van der Waals surface area (Å²) in [6.07, 6.45) is 1.77. The third-order valence-corrected chi connectivity index (χ3v) is 1.45. The van der Waals surface area contributed by atoms with Gasteiger partial charge in [-0.2, -0.15) is 0 Å². The van der Waals surface area contributed by atoms with Crippen LogP contribution in [0.2, 0.25) is 0 Å². The molecular formula is C7H9FN2S. The van der Waals surface area contributed by atoms with Gasteiger partial charge in [-0.05, 0) is 13.0 Å². The van der Waals surface area contributed by atoms with Crippen molar-refractivity contribution in [3.63, 3.8) is 0 Å². The highest BCUT2D eigenvalue weighted by Gasteiger charge is 1.97. The van der Waals surface area contributed by atoms with Crippen molar-refractivity contribution in [1.29, 1.82) is 0 Å². The van der Waals surface area contributed by atoms with Crippen LogP contribution < -0.4 is 0 Å². The summed E-state index contributed by atoms with van der Waals surface area (Å²) in [6.45, 7) is 9.61. The van der Waals surface area contributed by atoms with Gasteiger partial charge in [0.15, 0.2) is 5.17 Å². The summed E-state index contributed by atoms with van der Waals surface area (Å²) < 4.78 is 12.3. The van der Waals surface area contributed by atoms with E-state index in [1.165, 1.54) is 11.8 Å². The minimum atomic E-state index is -0.653. The van der Waals surface area contributed by atoms with Crippen molar-refractivity contribution >= 4 is 23.6 Å². The van der Waals surface area contributed by atoms with Crippen LogP contribution in [0, 0.1) is 0 Å². The molecule has 0 amide bonds. The van der Waals surface area contributed by atoms with E-state index in [1.54, 1.807) is 6.26 Å². The molecular weight excluding hydrogens is 163 g/mol. The van der Waals surface area contributed by atoms with Gasteiger partial charge < -0.3 is 0 Å². The molecule has 0 heterocycles. The first-order valence-corrected chi connectivity index (χ1v) is 3.97. The first-order chi connectivity index (χ1) is 5.11. The van der Waals surface area contributed by atoms with Gasteiger partial charge in [0.25, 0.3) is 0 Å². The predicted molar refractivity (Wildman–Crippen MR) is 49.9 cm³/mol. The highest BCUT2D eigenvalue weighted by atomic mass is 32.2. The third-order valence-electron chi connectivity index (χ3n) is 0.862. The molecule has 0 aliphatic heterocycles. The first kappa shape index (κ1) is 10.1. The van der Waals surface area contributed by atoms with E-state index in [9.17, 15) is 4.39 Å². The normalized spacial score (nSPS) is 10.9. The smallest absolute Gasteiger partial charge is 0.187 e. The second-order valence-electron chi connectivity index (χ2n) is 1.61. The van der Waals surface area contributed by atoms with Crippen molar-refractivity contribution in [1.82, 2.24) is 0 Å². The van der Waals surface area contributed by atoms with E-state index in [1.807, 2.05) is 0 Å². The lowest BCUT2D eigenvalue weighted by atomic mass is 10.5. The van der Waals surface area contributed by atoms with Crippen LogP contribution in [0.1, 0.15) is 0 Å². The fourth-order valence-corrected chi connectivity index (χ4v) is 0.652. The number of halogens is 1. The van der Waals surface area contributed by atoms with Crippen LogP contribution in [0.15, 0.2) is 34.7 Å². The van der Waals surface area contributed by atoms with Crippen LogP contribution in [-0.2, 0) is 0 Å². The Morgan fingerprint density at radius 3 is 2.27 bits per heavy atom. The molecule has 0 unspecified atom stereocenters. The lowest BCUT2D eigenvalue weighted by Gasteiger charge is -1.95. The van der Waals surface area contributed by atoms with Crippen molar-refractivity contribution in [3.8, 4) is 0 Å². The molecule has 0 aromatic heterocycles. The lowest BCUT2D eigenvalue weighted by molar-refractivity contribution is 0.654. The van der Waals surface area contributed by atoms with Crippen LogP contribution in [0.4, 0.5) is 4.39 Å².